The molecule has 0 N–H and O–H groups in total. The molecule has 8 heteroatoms. The van der Waals surface area contributed by atoms with E-state index in [2.05, 4.69) is 4.90 Å². The SMILES string of the molecule is CC(C)n1c(=O)oc2cc(S(=O)(=O)N3CCCC[C@@H]3CN3CCCCC3)ccc21. The Morgan fingerprint density at radius 1 is 1.07 bits per heavy atom. The quantitative estimate of drug-likeness (QED) is 0.741. The van der Waals surface area contributed by atoms with Crippen LogP contribution in [0.1, 0.15) is 58.4 Å². The van der Waals surface area contributed by atoms with Crippen molar-refractivity contribution in [3.8, 4) is 0 Å². The Balaban J connectivity index is 1.64. The smallest absolute Gasteiger partial charge is 0.408 e. The molecule has 1 aromatic heterocycles. The Hall–Kier alpha value is -1.64. The minimum Gasteiger partial charge on any atom is -0.408 e. The van der Waals surface area contributed by atoms with Crippen LogP contribution in [0.5, 0.6) is 0 Å². The Labute approximate surface area is 172 Å². The number of oxazole rings is 1. The first-order valence-corrected chi connectivity index (χ1v) is 12.2. The van der Waals surface area contributed by atoms with Gasteiger partial charge in [-0.1, -0.05) is 12.8 Å². The number of aromatic nitrogens is 1. The molecule has 2 aliphatic rings. The second-order valence-corrected chi connectivity index (χ2v) is 10.5. The zero-order valence-corrected chi connectivity index (χ0v) is 18.2. The zero-order valence-electron chi connectivity index (χ0n) is 17.3. The van der Waals surface area contributed by atoms with Crippen LogP contribution in [0.15, 0.2) is 32.3 Å². The van der Waals surface area contributed by atoms with Gasteiger partial charge in [0, 0.05) is 31.2 Å². The molecule has 1 aromatic carbocycles. The lowest BCUT2D eigenvalue weighted by atomic mass is 10.0. The molecule has 0 unspecified atom stereocenters. The van der Waals surface area contributed by atoms with E-state index in [1.54, 1.807) is 21.0 Å². The number of fused-ring (bicyclic) bond motifs is 1. The molecule has 7 nitrogen and oxygen atoms in total. The Bertz CT molecular complexity index is 1020. The molecular weight excluding hydrogens is 390 g/mol. The van der Waals surface area contributed by atoms with Crippen molar-refractivity contribution >= 4 is 21.1 Å². The van der Waals surface area contributed by atoms with E-state index in [-0.39, 0.29) is 17.0 Å². The Kier molecular flexibility index (Phi) is 5.86. The Morgan fingerprint density at radius 3 is 2.52 bits per heavy atom. The van der Waals surface area contributed by atoms with Gasteiger partial charge in [0.15, 0.2) is 5.58 Å². The highest BCUT2D eigenvalue weighted by Crippen LogP contribution is 2.29. The fourth-order valence-corrected chi connectivity index (χ4v) is 6.42. The molecule has 0 saturated carbocycles. The van der Waals surface area contributed by atoms with E-state index in [0.29, 0.717) is 17.6 Å². The highest BCUT2D eigenvalue weighted by molar-refractivity contribution is 7.89. The highest BCUT2D eigenvalue weighted by Gasteiger charge is 2.35. The molecule has 4 rings (SSSR count). The summed E-state index contributed by atoms with van der Waals surface area (Å²) in [6, 6.07) is 4.77. The van der Waals surface area contributed by atoms with Crippen LogP contribution >= 0.6 is 0 Å². The molecule has 0 aliphatic carbocycles. The van der Waals surface area contributed by atoms with Crippen LogP contribution < -0.4 is 5.76 Å². The number of nitrogens with zero attached hydrogens (tertiary/aromatic N) is 3. The van der Waals surface area contributed by atoms with Crippen molar-refractivity contribution in [2.75, 3.05) is 26.2 Å². The molecule has 160 valence electrons. The number of hydrogen-bond acceptors (Lipinski definition) is 5. The number of piperidine rings is 2. The summed E-state index contributed by atoms with van der Waals surface area (Å²) >= 11 is 0. The lowest BCUT2D eigenvalue weighted by molar-refractivity contribution is 0.150. The van der Waals surface area contributed by atoms with Gasteiger partial charge in [-0.25, -0.2) is 13.2 Å². The predicted octanol–water partition coefficient (Wildman–Crippen LogP) is 3.20. The lowest BCUT2D eigenvalue weighted by Gasteiger charge is -2.38. The maximum absolute atomic E-state index is 13.5. The van der Waals surface area contributed by atoms with Crippen molar-refractivity contribution < 1.29 is 12.8 Å². The first-order chi connectivity index (χ1) is 13.9. The second kappa shape index (κ2) is 8.24. The Morgan fingerprint density at radius 2 is 1.79 bits per heavy atom. The van der Waals surface area contributed by atoms with E-state index in [9.17, 15) is 13.2 Å². The first-order valence-electron chi connectivity index (χ1n) is 10.8. The summed E-state index contributed by atoms with van der Waals surface area (Å²) in [5.41, 5.74) is 0.960. The van der Waals surface area contributed by atoms with E-state index < -0.39 is 15.8 Å². The number of benzene rings is 1. The third-order valence-electron chi connectivity index (χ3n) is 6.20. The standard InChI is InChI=1S/C21H31N3O4S/c1-16(2)24-19-10-9-18(14-20(19)28-21(24)25)29(26,27)23-13-7-4-8-17(23)15-22-11-5-3-6-12-22/h9-10,14,16-17H,3-8,11-13,15H2,1-2H3/t17-/m1/s1. The van der Waals surface area contributed by atoms with Gasteiger partial charge in [-0.15, -0.1) is 0 Å². The van der Waals surface area contributed by atoms with Gasteiger partial charge < -0.3 is 9.32 Å². The molecule has 3 heterocycles. The lowest BCUT2D eigenvalue weighted by Crippen LogP contribution is -2.50. The molecule has 0 bridgehead atoms. The first kappa shape index (κ1) is 20.6. The number of hydrogen-bond donors (Lipinski definition) is 0. The third kappa shape index (κ3) is 4.02. The van der Waals surface area contributed by atoms with E-state index in [1.165, 1.54) is 25.3 Å². The molecule has 0 radical (unpaired) electrons. The van der Waals surface area contributed by atoms with E-state index in [4.69, 9.17) is 4.42 Å². The minimum atomic E-state index is -3.64. The average Bonchev–Trinajstić information content (AvgIpc) is 3.04. The number of sulfonamides is 1. The molecule has 2 aromatic rings. The molecule has 1 atom stereocenters. The number of rotatable bonds is 5. The number of likely N-dealkylation sites (tertiary alicyclic amines) is 1. The van der Waals surface area contributed by atoms with Gasteiger partial charge >= 0.3 is 5.76 Å². The summed E-state index contributed by atoms with van der Waals surface area (Å²) in [5, 5.41) is 0. The summed E-state index contributed by atoms with van der Waals surface area (Å²) in [6.45, 7) is 7.28. The molecular formula is C21H31N3O4S. The van der Waals surface area contributed by atoms with E-state index >= 15 is 0 Å². The van der Waals surface area contributed by atoms with Gasteiger partial charge in [0.25, 0.3) is 0 Å². The maximum atomic E-state index is 13.5. The topological polar surface area (TPSA) is 75.8 Å². The van der Waals surface area contributed by atoms with Crippen LogP contribution in [0.3, 0.4) is 0 Å². The van der Waals surface area contributed by atoms with Crippen LogP contribution in [-0.2, 0) is 10.0 Å². The highest BCUT2D eigenvalue weighted by atomic mass is 32.2. The summed E-state index contributed by atoms with van der Waals surface area (Å²) in [6.07, 6.45) is 6.51. The van der Waals surface area contributed by atoms with Crippen LogP contribution in [0.4, 0.5) is 0 Å². The van der Waals surface area contributed by atoms with E-state index in [1.807, 2.05) is 13.8 Å². The maximum Gasteiger partial charge on any atom is 0.420 e. The third-order valence-corrected chi connectivity index (χ3v) is 8.15. The van der Waals surface area contributed by atoms with Crippen LogP contribution in [0.2, 0.25) is 0 Å². The van der Waals surface area contributed by atoms with Gasteiger partial charge in [-0.3, -0.25) is 4.57 Å². The van der Waals surface area contributed by atoms with Crippen molar-refractivity contribution in [2.24, 2.45) is 0 Å². The van der Waals surface area contributed by atoms with Crippen LogP contribution in [0, 0.1) is 0 Å². The molecule has 0 spiro atoms. The molecule has 2 fully saturated rings. The summed E-state index contributed by atoms with van der Waals surface area (Å²) in [5.74, 6) is -0.453. The van der Waals surface area contributed by atoms with Gasteiger partial charge in [-0.2, -0.15) is 4.31 Å². The summed E-state index contributed by atoms with van der Waals surface area (Å²) in [4.78, 5) is 14.8. The van der Waals surface area contributed by atoms with Crippen LogP contribution in [0.25, 0.3) is 11.1 Å². The largest absolute Gasteiger partial charge is 0.420 e. The van der Waals surface area contributed by atoms with Gasteiger partial charge in [0.05, 0.1) is 10.4 Å². The van der Waals surface area contributed by atoms with Crippen molar-refractivity contribution in [2.45, 2.75) is 69.4 Å². The van der Waals surface area contributed by atoms with Gasteiger partial charge in [0.2, 0.25) is 10.0 Å². The minimum absolute atomic E-state index is 0.00909. The molecule has 29 heavy (non-hydrogen) atoms. The molecule has 0 amide bonds. The molecule has 2 saturated heterocycles. The zero-order chi connectivity index (χ0) is 20.6. The summed E-state index contributed by atoms with van der Waals surface area (Å²) in [7, 11) is -3.64. The van der Waals surface area contributed by atoms with Crippen molar-refractivity contribution in [3.05, 3.63) is 28.7 Å². The fraction of sp³-hybridized carbons (Fsp3) is 0.667. The van der Waals surface area contributed by atoms with Crippen LogP contribution in [-0.4, -0.2) is 54.4 Å². The predicted molar refractivity (Wildman–Crippen MR) is 113 cm³/mol. The summed E-state index contributed by atoms with van der Waals surface area (Å²) < 4.78 is 35.6. The average molecular weight is 422 g/mol. The van der Waals surface area contributed by atoms with Crippen molar-refractivity contribution in [1.29, 1.82) is 0 Å². The molecule has 2 aliphatic heterocycles. The monoisotopic (exact) mass is 421 g/mol. The van der Waals surface area contributed by atoms with Gasteiger partial charge in [0.1, 0.15) is 0 Å². The second-order valence-electron chi connectivity index (χ2n) is 8.59. The fourth-order valence-electron chi connectivity index (χ4n) is 4.71. The van der Waals surface area contributed by atoms with Crippen molar-refractivity contribution in [1.82, 2.24) is 13.8 Å². The van der Waals surface area contributed by atoms with Gasteiger partial charge in [-0.05, 0) is 64.8 Å². The van der Waals surface area contributed by atoms with Crippen molar-refractivity contribution in [3.63, 3.8) is 0 Å². The normalized spacial score (nSPS) is 22.5. The van der Waals surface area contributed by atoms with E-state index in [0.717, 1.165) is 38.9 Å².